The highest BCUT2D eigenvalue weighted by Crippen LogP contribution is 2.45. The number of hydrogen-bond donors (Lipinski definition) is 1. The third kappa shape index (κ3) is 3.06. The Morgan fingerprint density at radius 3 is 2.32 bits per heavy atom. The summed E-state index contributed by atoms with van der Waals surface area (Å²) in [7, 11) is 0. The van der Waals surface area contributed by atoms with Gasteiger partial charge in [-0.05, 0) is 49.8 Å². The molecular formula is C14H16ClF3O. The highest BCUT2D eigenvalue weighted by molar-refractivity contribution is 6.31. The van der Waals surface area contributed by atoms with Crippen molar-refractivity contribution in [1.82, 2.24) is 0 Å². The average Bonchev–Trinajstić information content (AvgIpc) is 2.32. The molecule has 1 aromatic carbocycles. The minimum atomic E-state index is -4.16. The summed E-state index contributed by atoms with van der Waals surface area (Å²) in [5, 5.41) is 11.0. The van der Waals surface area contributed by atoms with Crippen LogP contribution in [0.5, 0.6) is 0 Å². The van der Waals surface area contributed by atoms with Crippen molar-refractivity contribution in [3.63, 3.8) is 0 Å². The molecule has 0 unspecified atom stereocenters. The fourth-order valence-electron chi connectivity index (χ4n) is 2.59. The fraction of sp³-hybridized carbons (Fsp3) is 0.571. The van der Waals surface area contributed by atoms with Crippen molar-refractivity contribution in [2.24, 2.45) is 5.92 Å². The van der Waals surface area contributed by atoms with E-state index in [1.165, 1.54) is 0 Å². The van der Waals surface area contributed by atoms with Gasteiger partial charge in [-0.3, -0.25) is 0 Å². The van der Waals surface area contributed by atoms with Crippen molar-refractivity contribution in [3.05, 3.63) is 34.3 Å². The molecule has 0 saturated heterocycles. The van der Waals surface area contributed by atoms with Crippen LogP contribution in [0.25, 0.3) is 0 Å². The molecule has 1 saturated carbocycles. The lowest BCUT2D eigenvalue weighted by atomic mass is 9.75. The van der Waals surface area contributed by atoms with Gasteiger partial charge in [0, 0.05) is 5.02 Å². The Hall–Kier alpha value is -0.740. The van der Waals surface area contributed by atoms with Crippen LogP contribution in [-0.4, -0.2) is 11.3 Å². The molecule has 1 N–H and O–H groups in total. The van der Waals surface area contributed by atoms with Gasteiger partial charge in [0.2, 0.25) is 0 Å². The second-order valence-electron chi connectivity index (χ2n) is 5.31. The Balaban J connectivity index is 2.15. The van der Waals surface area contributed by atoms with Gasteiger partial charge in [-0.2, -0.15) is 13.2 Å². The number of halogens is 4. The zero-order valence-electron chi connectivity index (χ0n) is 10.6. The molecule has 1 aliphatic carbocycles. The minimum Gasteiger partial charge on any atom is -0.385 e. The molecule has 5 heteroatoms. The third-order valence-corrected chi connectivity index (χ3v) is 4.39. The van der Waals surface area contributed by atoms with Gasteiger partial charge < -0.3 is 5.11 Å². The summed E-state index contributed by atoms with van der Waals surface area (Å²) in [5.41, 5.74) is 0.320. The first-order valence-corrected chi connectivity index (χ1v) is 6.66. The van der Waals surface area contributed by atoms with Gasteiger partial charge in [0.15, 0.2) is 0 Å². The van der Waals surface area contributed by atoms with Gasteiger partial charge in [0.25, 0.3) is 0 Å². The lowest BCUT2D eigenvalue weighted by Crippen LogP contribution is -2.36. The first-order valence-electron chi connectivity index (χ1n) is 6.28. The third-order valence-electron chi connectivity index (χ3n) is 3.98. The molecule has 0 spiro atoms. The molecule has 106 valence electrons. The van der Waals surface area contributed by atoms with Gasteiger partial charge in [-0.1, -0.05) is 23.7 Å². The largest absolute Gasteiger partial charge is 0.391 e. The predicted octanol–water partition coefficient (Wildman–Crippen LogP) is 4.59. The van der Waals surface area contributed by atoms with E-state index in [-0.39, 0.29) is 25.7 Å². The van der Waals surface area contributed by atoms with E-state index < -0.39 is 17.7 Å². The van der Waals surface area contributed by atoms with E-state index in [1.54, 1.807) is 18.2 Å². The van der Waals surface area contributed by atoms with E-state index in [0.29, 0.717) is 10.6 Å². The quantitative estimate of drug-likeness (QED) is 0.803. The van der Waals surface area contributed by atoms with Crippen molar-refractivity contribution in [2.45, 2.75) is 44.4 Å². The number of aryl methyl sites for hydroxylation is 1. The Kier molecular flexibility index (Phi) is 3.85. The summed E-state index contributed by atoms with van der Waals surface area (Å²) in [6.45, 7) is 1.84. The zero-order chi connectivity index (χ0) is 14.3. The molecule has 0 heterocycles. The standard InChI is InChI=1S/C14H16ClF3O/c1-9-2-3-11(8-12(9)15)13(19)6-4-10(5-7-13)14(16,17)18/h2-3,8,10,19H,4-7H2,1H3. The number of hydrogen-bond acceptors (Lipinski definition) is 1. The van der Waals surface area contributed by atoms with Crippen molar-refractivity contribution < 1.29 is 18.3 Å². The lowest BCUT2D eigenvalue weighted by Gasteiger charge is -2.37. The Labute approximate surface area is 115 Å². The van der Waals surface area contributed by atoms with E-state index in [0.717, 1.165) is 5.56 Å². The normalized spacial score (nSPS) is 28.4. The SMILES string of the molecule is Cc1ccc(C2(O)CCC(C(F)(F)F)CC2)cc1Cl. The molecular weight excluding hydrogens is 277 g/mol. The van der Waals surface area contributed by atoms with Crippen LogP contribution in [0.2, 0.25) is 5.02 Å². The van der Waals surface area contributed by atoms with Crippen LogP contribution >= 0.6 is 11.6 Å². The molecule has 0 aromatic heterocycles. The number of benzene rings is 1. The monoisotopic (exact) mass is 292 g/mol. The Morgan fingerprint density at radius 2 is 1.84 bits per heavy atom. The predicted molar refractivity (Wildman–Crippen MR) is 68.1 cm³/mol. The van der Waals surface area contributed by atoms with E-state index in [2.05, 4.69) is 0 Å². The maximum Gasteiger partial charge on any atom is 0.391 e. The summed E-state index contributed by atoms with van der Waals surface area (Å²) in [5.74, 6) is -1.30. The van der Waals surface area contributed by atoms with Gasteiger partial charge in [-0.15, -0.1) is 0 Å². The maximum atomic E-state index is 12.6. The summed E-state index contributed by atoms with van der Waals surface area (Å²) in [4.78, 5) is 0. The summed E-state index contributed by atoms with van der Waals surface area (Å²) in [6, 6.07) is 5.19. The highest BCUT2D eigenvalue weighted by atomic mass is 35.5. The van der Waals surface area contributed by atoms with Crippen LogP contribution in [0.1, 0.15) is 36.8 Å². The van der Waals surface area contributed by atoms with Crippen molar-refractivity contribution in [2.75, 3.05) is 0 Å². The molecule has 1 aliphatic rings. The molecule has 0 atom stereocenters. The molecule has 19 heavy (non-hydrogen) atoms. The van der Waals surface area contributed by atoms with Gasteiger partial charge in [0.1, 0.15) is 0 Å². The molecule has 0 radical (unpaired) electrons. The molecule has 1 nitrogen and oxygen atoms in total. The van der Waals surface area contributed by atoms with Crippen LogP contribution in [0.3, 0.4) is 0 Å². The summed E-state index contributed by atoms with van der Waals surface area (Å²) in [6.07, 6.45) is -3.99. The number of rotatable bonds is 1. The molecule has 1 fully saturated rings. The van der Waals surface area contributed by atoms with Crippen LogP contribution in [0.15, 0.2) is 18.2 Å². The number of alkyl halides is 3. The molecule has 1 aromatic rings. The molecule has 0 aliphatic heterocycles. The molecule has 0 bridgehead atoms. The van der Waals surface area contributed by atoms with E-state index in [4.69, 9.17) is 11.6 Å². The van der Waals surface area contributed by atoms with Crippen LogP contribution < -0.4 is 0 Å². The summed E-state index contributed by atoms with van der Waals surface area (Å²) < 4.78 is 37.8. The van der Waals surface area contributed by atoms with Crippen molar-refractivity contribution in [1.29, 1.82) is 0 Å². The smallest absolute Gasteiger partial charge is 0.385 e. The van der Waals surface area contributed by atoms with Crippen LogP contribution in [0, 0.1) is 12.8 Å². The number of aliphatic hydroxyl groups is 1. The van der Waals surface area contributed by atoms with E-state index >= 15 is 0 Å². The molecule has 2 rings (SSSR count). The van der Waals surface area contributed by atoms with E-state index in [9.17, 15) is 18.3 Å². The highest BCUT2D eigenvalue weighted by Gasteiger charge is 2.45. The van der Waals surface area contributed by atoms with Gasteiger partial charge >= 0.3 is 6.18 Å². The first kappa shape index (κ1) is 14.7. The fourth-order valence-corrected chi connectivity index (χ4v) is 2.77. The summed E-state index contributed by atoms with van der Waals surface area (Å²) >= 11 is 6.01. The van der Waals surface area contributed by atoms with Crippen LogP contribution in [0.4, 0.5) is 13.2 Å². The topological polar surface area (TPSA) is 20.2 Å². The Morgan fingerprint density at radius 1 is 1.26 bits per heavy atom. The first-order chi connectivity index (χ1) is 8.72. The molecule has 0 amide bonds. The van der Waals surface area contributed by atoms with Crippen molar-refractivity contribution >= 4 is 11.6 Å². The Bertz CT molecular complexity index is 462. The van der Waals surface area contributed by atoms with Gasteiger partial charge in [-0.25, -0.2) is 0 Å². The lowest BCUT2D eigenvalue weighted by molar-refractivity contribution is -0.193. The second-order valence-corrected chi connectivity index (χ2v) is 5.72. The zero-order valence-corrected chi connectivity index (χ0v) is 11.4. The van der Waals surface area contributed by atoms with Crippen LogP contribution in [-0.2, 0) is 5.60 Å². The minimum absolute atomic E-state index is 0.0362. The maximum absolute atomic E-state index is 12.6. The average molecular weight is 293 g/mol. The van der Waals surface area contributed by atoms with Crippen molar-refractivity contribution in [3.8, 4) is 0 Å². The van der Waals surface area contributed by atoms with E-state index in [1.807, 2.05) is 6.92 Å². The van der Waals surface area contributed by atoms with Gasteiger partial charge in [0.05, 0.1) is 11.5 Å². The second kappa shape index (κ2) is 4.98.